The Balaban J connectivity index is 3.45. The summed E-state index contributed by atoms with van der Waals surface area (Å²) in [5.74, 6) is -0.225. The van der Waals surface area contributed by atoms with E-state index in [9.17, 15) is 9.59 Å². The van der Waals surface area contributed by atoms with Gasteiger partial charge >= 0.3 is 12.1 Å². The van der Waals surface area contributed by atoms with Gasteiger partial charge in [0.1, 0.15) is 5.60 Å². The number of ether oxygens (including phenoxy) is 2. The molecule has 0 aliphatic rings. The first kappa shape index (κ1) is 14.7. The summed E-state index contributed by atoms with van der Waals surface area (Å²) in [6, 6.07) is 0. The van der Waals surface area contributed by atoms with Gasteiger partial charge in [0.2, 0.25) is 0 Å². The van der Waals surface area contributed by atoms with E-state index in [1.807, 2.05) is 0 Å². The van der Waals surface area contributed by atoms with Crippen molar-refractivity contribution in [3.63, 3.8) is 0 Å². The minimum absolute atomic E-state index is 0.225. The predicted molar refractivity (Wildman–Crippen MR) is 60.1 cm³/mol. The monoisotopic (exact) mass is 231 g/mol. The Kier molecular flexibility index (Phi) is 6.53. The summed E-state index contributed by atoms with van der Waals surface area (Å²) in [5, 5.41) is 2.58. The van der Waals surface area contributed by atoms with E-state index >= 15 is 0 Å². The largest absolute Gasteiger partial charge is 0.466 e. The topological polar surface area (TPSA) is 64.6 Å². The van der Waals surface area contributed by atoms with Crippen LogP contribution in [0.4, 0.5) is 4.79 Å². The van der Waals surface area contributed by atoms with Gasteiger partial charge in [0.25, 0.3) is 0 Å². The molecule has 94 valence electrons. The molecule has 0 aliphatic carbocycles. The summed E-state index contributed by atoms with van der Waals surface area (Å²) < 4.78 is 9.87. The lowest BCUT2D eigenvalue weighted by Gasteiger charge is -2.19. The van der Waals surface area contributed by atoms with Gasteiger partial charge in [-0.05, 0) is 27.2 Å². The first-order valence-corrected chi connectivity index (χ1v) is 5.47. The van der Waals surface area contributed by atoms with Gasteiger partial charge in [-0.1, -0.05) is 6.92 Å². The molecule has 0 spiro atoms. The Hall–Kier alpha value is -1.26. The lowest BCUT2D eigenvalue weighted by Crippen LogP contribution is -2.33. The van der Waals surface area contributed by atoms with Crippen LogP contribution >= 0.6 is 0 Å². The summed E-state index contributed by atoms with van der Waals surface area (Å²) in [5.41, 5.74) is -0.487. The third kappa shape index (κ3) is 9.30. The lowest BCUT2D eigenvalue weighted by atomic mass is 10.2. The van der Waals surface area contributed by atoms with Gasteiger partial charge in [-0.2, -0.15) is 0 Å². The Morgan fingerprint density at radius 3 is 2.38 bits per heavy atom. The molecule has 0 rings (SSSR count). The highest BCUT2D eigenvalue weighted by Crippen LogP contribution is 2.06. The zero-order chi connectivity index (χ0) is 12.6. The number of esters is 1. The summed E-state index contributed by atoms with van der Waals surface area (Å²) in [7, 11) is 0. The van der Waals surface area contributed by atoms with E-state index in [1.54, 1.807) is 27.7 Å². The average molecular weight is 231 g/mol. The van der Waals surface area contributed by atoms with Crippen molar-refractivity contribution >= 4 is 12.1 Å². The smallest absolute Gasteiger partial charge is 0.407 e. The number of carbonyl (C=O) groups is 2. The number of hydrogen-bond acceptors (Lipinski definition) is 4. The molecule has 0 bridgehead atoms. The van der Waals surface area contributed by atoms with E-state index in [0.29, 0.717) is 26.0 Å². The molecule has 0 saturated carbocycles. The molecule has 0 saturated heterocycles. The molecule has 0 aromatic rings. The molecule has 0 fully saturated rings. The van der Waals surface area contributed by atoms with Crippen LogP contribution in [-0.2, 0) is 14.3 Å². The quantitative estimate of drug-likeness (QED) is 0.579. The molecule has 0 aromatic carbocycles. The first-order valence-electron chi connectivity index (χ1n) is 5.47. The van der Waals surface area contributed by atoms with Crippen LogP contribution in [0.2, 0.25) is 0 Å². The van der Waals surface area contributed by atoms with E-state index in [0.717, 1.165) is 0 Å². The number of nitrogens with one attached hydrogen (secondary N) is 1. The van der Waals surface area contributed by atoms with Gasteiger partial charge in [-0.3, -0.25) is 4.79 Å². The predicted octanol–water partition coefficient (Wildman–Crippen LogP) is 1.85. The van der Waals surface area contributed by atoms with Crippen LogP contribution in [0.25, 0.3) is 0 Å². The molecule has 1 N–H and O–H groups in total. The van der Waals surface area contributed by atoms with Crippen LogP contribution in [0.5, 0.6) is 0 Å². The van der Waals surface area contributed by atoms with E-state index in [1.165, 1.54) is 0 Å². The van der Waals surface area contributed by atoms with E-state index in [-0.39, 0.29) is 5.97 Å². The van der Waals surface area contributed by atoms with Crippen LogP contribution in [-0.4, -0.2) is 30.8 Å². The van der Waals surface area contributed by atoms with Gasteiger partial charge in [0.15, 0.2) is 0 Å². The summed E-state index contributed by atoms with van der Waals surface area (Å²) >= 11 is 0. The molecule has 0 unspecified atom stereocenters. The summed E-state index contributed by atoms with van der Waals surface area (Å²) in [6.45, 7) is 7.90. The molecule has 5 nitrogen and oxygen atoms in total. The molecule has 16 heavy (non-hydrogen) atoms. The minimum atomic E-state index is -0.487. The second-order valence-electron chi connectivity index (χ2n) is 4.36. The van der Waals surface area contributed by atoms with Crippen molar-refractivity contribution in [2.24, 2.45) is 0 Å². The fraction of sp³-hybridized carbons (Fsp3) is 0.818. The normalized spacial score (nSPS) is 10.8. The van der Waals surface area contributed by atoms with E-state index < -0.39 is 11.7 Å². The second kappa shape index (κ2) is 7.09. The van der Waals surface area contributed by atoms with Crippen molar-refractivity contribution in [2.45, 2.75) is 46.1 Å². The highest BCUT2D eigenvalue weighted by molar-refractivity contribution is 5.69. The van der Waals surface area contributed by atoms with Crippen molar-refractivity contribution in [1.29, 1.82) is 0 Å². The van der Waals surface area contributed by atoms with Crippen LogP contribution < -0.4 is 5.32 Å². The van der Waals surface area contributed by atoms with Gasteiger partial charge in [0.05, 0.1) is 6.61 Å². The zero-order valence-electron chi connectivity index (χ0n) is 10.5. The lowest BCUT2D eigenvalue weighted by molar-refractivity contribution is -0.143. The standard InChI is InChI=1S/C11H21NO4/c1-5-9(13)15-8-6-7-12-10(14)16-11(2,3)4/h5-8H2,1-4H3,(H,12,14). The number of hydrogen-bond donors (Lipinski definition) is 1. The fourth-order valence-corrected chi connectivity index (χ4v) is 0.865. The Morgan fingerprint density at radius 1 is 1.25 bits per heavy atom. The van der Waals surface area contributed by atoms with E-state index in [2.05, 4.69) is 5.32 Å². The number of rotatable bonds is 5. The van der Waals surface area contributed by atoms with Gasteiger partial charge in [-0.25, -0.2) is 4.79 Å². The minimum Gasteiger partial charge on any atom is -0.466 e. The van der Waals surface area contributed by atoms with Crippen molar-refractivity contribution in [3.8, 4) is 0 Å². The summed E-state index contributed by atoms with van der Waals surface area (Å²) in [4.78, 5) is 21.9. The Bertz CT molecular complexity index is 233. The number of amides is 1. The molecule has 5 heteroatoms. The second-order valence-corrected chi connectivity index (χ2v) is 4.36. The molecule has 0 heterocycles. The SMILES string of the molecule is CCC(=O)OCCCNC(=O)OC(C)(C)C. The third-order valence-electron chi connectivity index (χ3n) is 1.54. The van der Waals surface area contributed by atoms with E-state index in [4.69, 9.17) is 9.47 Å². The van der Waals surface area contributed by atoms with Crippen LogP contribution in [0, 0.1) is 0 Å². The van der Waals surface area contributed by atoms with Crippen molar-refractivity contribution in [2.75, 3.05) is 13.2 Å². The van der Waals surface area contributed by atoms with Crippen molar-refractivity contribution in [3.05, 3.63) is 0 Å². The van der Waals surface area contributed by atoms with Crippen molar-refractivity contribution in [1.82, 2.24) is 5.32 Å². The summed E-state index contributed by atoms with van der Waals surface area (Å²) in [6.07, 6.45) is 0.513. The van der Waals surface area contributed by atoms with Crippen LogP contribution in [0.3, 0.4) is 0 Å². The molecule has 0 aliphatic heterocycles. The average Bonchev–Trinajstić information content (AvgIpc) is 2.14. The first-order chi connectivity index (χ1) is 7.35. The Morgan fingerprint density at radius 2 is 1.88 bits per heavy atom. The van der Waals surface area contributed by atoms with Crippen molar-refractivity contribution < 1.29 is 19.1 Å². The molecule has 0 atom stereocenters. The zero-order valence-corrected chi connectivity index (χ0v) is 10.5. The molecule has 1 amide bonds. The number of alkyl carbamates (subject to hydrolysis) is 1. The maximum atomic E-state index is 11.2. The highest BCUT2D eigenvalue weighted by atomic mass is 16.6. The van der Waals surface area contributed by atoms with Gasteiger partial charge < -0.3 is 14.8 Å². The van der Waals surface area contributed by atoms with Crippen LogP contribution in [0.1, 0.15) is 40.5 Å². The maximum Gasteiger partial charge on any atom is 0.407 e. The Labute approximate surface area is 96.5 Å². The molecular formula is C11H21NO4. The van der Waals surface area contributed by atoms with Gasteiger partial charge in [-0.15, -0.1) is 0 Å². The number of carbonyl (C=O) groups excluding carboxylic acids is 2. The van der Waals surface area contributed by atoms with Crippen LogP contribution in [0.15, 0.2) is 0 Å². The highest BCUT2D eigenvalue weighted by Gasteiger charge is 2.15. The van der Waals surface area contributed by atoms with Gasteiger partial charge in [0, 0.05) is 13.0 Å². The third-order valence-corrected chi connectivity index (χ3v) is 1.54. The molecule has 0 aromatic heterocycles. The molecule has 0 radical (unpaired) electrons. The fourth-order valence-electron chi connectivity index (χ4n) is 0.865. The maximum absolute atomic E-state index is 11.2. The molecular weight excluding hydrogens is 210 g/mol.